The Morgan fingerprint density at radius 3 is 2.59 bits per heavy atom. The third kappa shape index (κ3) is 3.41. The van der Waals surface area contributed by atoms with Crippen molar-refractivity contribution in [3.05, 3.63) is 35.4 Å². The molecule has 6 heteroatoms. The minimum Gasteiger partial charge on any atom is -0.342 e. The Hall–Kier alpha value is -1.20. The fourth-order valence-electron chi connectivity index (χ4n) is 3.41. The highest BCUT2D eigenvalue weighted by molar-refractivity contribution is 5.85. The lowest BCUT2D eigenvalue weighted by atomic mass is 9.78. The molecule has 1 aromatic rings. The minimum atomic E-state index is -0.903. The first-order chi connectivity index (χ1) is 10.1. The van der Waals surface area contributed by atoms with Crippen molar-refractivity contribution >= 4 is 18.3 Å². The van der Waals surface area contributed by atoms with Gasteiger partial charge in [0.2, 0.25) is 5.91 Å². The zero-order valence-electron chi connectivity index (χ0n) is 12.4. The lowest BCUT2D eigenvalue weighted by molar-refractivity contribution is -0.132. The molecule has 1 N–H and O–H groups in total. The molecule has 0 aromatic heterocycles. The summed E-state index contributed by atoms with van der Waals surface area (Å²) in [5.74, 6) is -1.91. The van der Waals surface area contributed by atoms with E-state index in [2.05, 4.69) is 5.32 Å². The largest absolute Gasteiger partial charge is 0.342 e. The SMILES string of the molecule is Cl.O=C(Cc1cccc(F)c1F)N1CCC2(CCNC2)CC1. The molecule has 0 atom stereocenters. The van der Waals surface area contributed by atoms with Gasteiger partial charge in [0, 0.05) is 25.2 Å². The van der Waals surface area contributed by atoms with E-state index in [1.165, 1.54) is 18.6 Å². The molecule has 0 radical (unpaired) electrons. The Morgan fingerprint density at radius 2 is 1.95 bits per heavy atom. The van der Waals surface area contributed by atoms with Crippen molar-refractivity contribution in [2.24, 2.45) is 5.41 Å². The van der Waals surface area contributed by atoms with Gasteiger partial charge in [-0.25, -0.2) is 8.78 Å². The van der Waals surface area contributed by atoms with Crippen LogP contribution in [-0.2, 0) is 11.2 Å². The third-order valence-corrected chi connectivity index (χ3v) is 4.88. The molecule has 2 saturated heterocycles. The van der Waals surface area contributed by atoms with Crippen LogP contribution in [0, 0.1) is 17.0 Å². The van der Waals surface area contributed by atoms with Gasteiger partial charge in [0.05, 0.1) is 6.42 Å². The average Bonchev–Trinajstić information content (AvgIpc) is 2.93. The van der Waals surface area contributed by atoms with Crippen LogP contribution in [0.25, 0.3) is 0 Å². The summed E-state index contributed by atoms with van der Waals surface area (Å²) in [7, 11) is 0. The van der Waals surface area contributed by atoms with Crippen LogP contribution in [-0.4, -0.2) is 37.0 Å². The van der Waals surface area contributed by atoms with Crippen LogP contribution in [0.15, 0.2) is 18.2 Å². The Balaban J connectivity index is 0.00000176. The van der Waals surface area contributed by atoms with Gasteiger partial charge in [-0.15, -0.1) is 12.4 Å². The number of hydrogen-bond acceptors (Lipinski definition) is 2. The quantitative estimate of drug-likeness (QED) is 0.903. The van der Waals surface area contributed by atoms with Gasteiger partial charge in [-0.2, -0.15) is 0 Å². The van der Waals surface area contributed by atoms with E-state index in [4.69, 9.17) is 0 Å². The van der Waals surface area contributed by atoms with Crippen molar-refractivity contribution in [3.8, 4) is 0 Å². The Kier molecular flexibility index (Phi) is 5.40. The van der Waals surface area contributed by atoms with Gasteiger partial charge in [0.15, 0.2) is 11.6 Å². The number of halogens is 3. The minimum absolute atomic E-state index is 0. The Bertz CT molecular complexity index is 537. The molecule has 0 unspecified atom stereocenters. The summed E-state index contributed by atoms with van der Waals surface area (Å²) < 4.78 is 26.8. The van der Waals surface area contributed by atoms with Crippen LogP contribution < -0.4 is 5.32 Å². The highest BCUT2D eigenvalue weighted by Crippen LogP contribution is 2.37. The topological polar surface area (TPSA) is 32.3 Å². The van der Waals surface area contributed by atoms with E-state index in [1.54, 1.807) is 4.90 Å². The number of nitrogens with zero attached hydrogens (tertiary/aromatic N) is 1. The van der Waals surface area contributed by atoms with Gasteiger partial charge in [-0.1, -0.05) is 12.1 Å². The van der Waals surface area contributed by atoms with Crippen LogP contribution in [0.3, 0.4) is 0 Å². The maximum absolute atomic E-state index is 13.6. The molecule has 2 fully saturated rings. The highest BCUT2D eigenvalue weighted by atomic mass is 35.5. The van der Waals surface area contributed by atoms with Crippen LogP contribution in [0.4, 0.5) is 8.78 Å². The molecule has 1 spiro atoms. The number of piperidine rings is 1. The second kappa shape index (κ2) is 6.92. The summed E-state index contributed by atoms with van der Waals surface area (Å²) in [6.45, 7) is 3.53. The zero-order chi connectivity index (χ0) is 14.9. The van der Waals surface area contributed by atoms with Crippen molar-refractivity contribution < 1.29 is 13.6 Å². The van der Waals surface area contributed by atoms with E-state index >= 15 is 0 Å². The predicted octanol–water partition coefficient (Wildman–Crippen LogP) is 2.53. The van der Waals surface area contributed by atoms with Crippen LogP contribution in [0.2, 0.25) is 0 Å². The number of benzene rings is 1. The molecule has 0 bridgehead atoms. The standard InChI is InChI=1S/C16H20F2N2O.ClH/c17-13-3-1-2-12(15(13)18)10-14(21)20-8-5-16(6-9-20)4-7-19-11-16;/h1-3,19H,4-11H2;1H. The number of hydrogen-bond donors (Lipinski definition) is 1. The van der Waals surface area contributed by atoms with Gasteiger partial charge >= 0.3 is 0 Å². The normalized spacial score (nSPS) is 20.0. The van der Waals surface area contributed by atoms with Crippen molar-refractivity contribution in [2.45, 2.75) is 25.7 Å². The lowest BCUT2D eigenvalue weighted by Crippen LogP contribution is -2.44. The molecule has 2 aliphatic rings. The summed E-state index contributed by atoms with van der Waals surface area (Å²) in [5, 5.41) is 3.39. The maximum atomic E-state index is 13.6. The Morgan fingerprint density at radius 1 is 1.23 bits per heavy atom. The molecule has 3 nitrogen and oxygen atoms in total. The van der Waals surface area contributed by atoms with Gasteiger partial charge in [-0.05, 0) is 37.3 Å². The third-order valence-electron chi connectivity index (χ3n) is 4.88. The summed E-state index contributed by atoms with van der Waals surface area (Å²) in [4.78, 5) is 14.0. The van der Waals surface area contributed by atoms with E-state index in [-0.39, 0.29) is 30.3 Å². The van der Waals surface area contributed by atoms with Gasteiger partial charge in [-0.3, -0.25) is 4.79 Å². The first-order valence-electron chi connectivity index (χ1n) is 7.51. The number of likely N-dealkylation sites (tertiary alicyclic amines) is 1. The van der Waals surface area contributed by atoms with Crippen LogP contribution >= 0.6 is 12.4 Å². The number of rotatable bonds is 2. The fourth-order valence-corrected chi connectivity index (χ4v) is 3.41. The van der Waals surface area contributed by atoms with E-state index in [0.717, 1.165) is 45.1 Å². The van der Waals surface area contributed by atoms with Crippen LogP contribution in [0.1, 0.15) is 24.8 Å². The van der Waals surface area contributed by atoms with E-state index < -0.39 is 11.6 Å². The number of carbonyl (C=O) groups excluding carboxylic acids is 1. The Labute approximate surface area is 135 Å². The summed E-state index contributed by atoms with van der Waals surface area (Å²) in [6, 6.07) is 3.99. The van der Waals surface area contributed by atoms with Gasteiger partial charge in [0.25, 0.3) is 0 Å². The molecule has 3 rings (SSSR count). The van der Waals surface area contributed by atoms with E-state index in [9.17, 15) is 13.6 Å². The lowest BCUT2D eigenvalue weighted by Gasteiger charge is -2.39. The molecule has 2 heterocycles. The smallest absolute Gasteiger partial charge is 0.227 e. The molecular formula is C16H21ClF2N2O. The van der Waals surface area contributed by atoms with Crippen molar-refractivity contribution in [3.63, 3.8) is 0 Å². The summed E-state index contributed by atoms with van der Waals surface area (Å²) in [5.41, 5.74) is 0.490. The predicted molar refractivity (Wildman–Crippen MR) is 83.0 cm³/mol. The van der Waals surface area contributed by atoms with Crippen molar-refractivity contribution in [1.82, 2.24) is 10.2 Å². The van der Waals surface area contributed by atoms with E-state index in [1.807, 2.05) is 0 Å². The molecule has 122 valence electrons. The second-order valence-electron chi connectivity index (χ2n) is 6.20. The number of nitrogens with one attached hydrogen (secondary N) is 1. The molecule has 2 aliphatic heterocycles. The molecule has 0 saturated carbocycles. The fraction of sp³-hybridized carbons (Fsp3) is 0.562. The first-order valence-corrected chi connectivity index (χ1v) is 7.51. The van der Waals surface area contributed by atoms with Crippen molar-refractivity contribution in [2.75, 3.05) is 26.2 Å². The van der Waals surface area contributed by atoms with Crippen LogP contribution in [0.5, 0.6) is 0 Å². The molecule has 0 aliphatic carbocycles. The molecule has 22 heavy (non-hydrogen) atoms. The average molecular weight is 331 g/mol. The molecule has 1 aromatic carbocycles. The maximum Gasteiger partial charge on any atom is 0.227 e. The zero-order valence-corrected chi connectivity index (χ0v) is 13.2. The summed E-state index contributed by atoms with van der Waals surface area (Å²) >= 11 is 0. The summed E-state index contributed by atoms with van der Waals surface area (Å²) in [6.07, 6.45) is 3.11. The number of amides is 1. The van der Waals surface area contributed by atoms with Gasteiger partial charge < -0.3 is 10.2 Å². The monoisotopic (exact) mass is 330 g/mol. The van der Waals surface area contributed by atoms with Gasteiger partial charge in [0.1, 0.15) is 0 Å². The van der Waals surface area contributed by atoms with E-state index in [0.29, 0.717) is 5.41 Å². The highest BCUT2D eigenvalue weighted by Gasteiger charge is 2.38. The first kappa shape index (κ1) is 17.2. The molecule has 1 amide bonds. The number of carbonyl (C=O) groups is 1. The second-order valence-corrected chi connectivity index (χ2v) is 6.20. The van der Waals surface area contributed by atoms with Crippen molar-refractivity contribution in [1.29, 1.82) is 0 Å². The molecular weight excluding hydrogens is 310 g/mol.